The van der Waals surface area contributed by atoms with Gasteiger partial charge in [0.1, 0.15) is 12.1 Å². The van der Waals surface area contributed by atoms with Crippen LogP contribution in [0, 0.1) is 0 Å². The first kappa shape index (κ1) is 19.7. The van der Waals surface area contributed by atoms with Gasteiger partial charge in [-0.05, 0) is 13.8 Å². The highest BCUT2D eigenvalue weighted by Gasteiger charge is 2.62. The average molecular weight is 388 g/mol. The lowest BCUT2D eigenvalue weighted by atomic mass is 9.96. The molecule has 11 nitrogen and oxygen atoms in total. The van der Waals surface area contributed by atoms with E-state index in [1.807, 2.05) is 5.48 Å². The van der Waals surface area contributed by atoms with Gasteiger partial charge in [-0.15, -0.1) is 4.28 Å². The fraction of sp³-hybridized carbons (Fsp3) is 0.818. The number of amides is 3. The summed E-state index contributed by atoms with van der Waals surface area (Å²) < 4.78 is 62.5. The monoisotopic (exact) mass is 388 g/mol. The number of fused-ring (bicyclic) bond motifs is 2. The van der Waals surface area contributed by atoms with Crippen LogP contribution in [0.15, 0.2) is 0 Å². The number of alkyl halides is 2. The van der Waals surface area contributed by atoms with Crippen molar-refractivity contribution in [2.75, 3.05) is 13.2 Å². The Morgan fingerprint density at radius 1 is 1.52 bits per heavy atom. The van der Waals surface area contributed by atoms with E-state index in [1.165, 1.54) is 0 Å². The number of hydroxylamine groups is 3. The number of halogens is 2. The van der Waals surface area contributed by atoms with Crippen LogP contribution in [0.5, 0.6) is 0 Å². The second kappa shape index (κ2) is 6.28. The van der Waals surface area contributed by atoms with E-state index in [9.17, 15) is 26.8 Å². The normalized spacial score (nSPS) is 26.1. The number of rotatable bonds is 6. The van der Waals surface area contributed by atoms with Crippen LogP contribution in [0.25, 0.3) is 0 Å². The predicted molar refractivity (Wildman–Crippen MR) is 76.1 cm³/mol. The maximum absolute atomic E-state index is 14.2. The average Bonchev–Trinajstić information content (AvgIpc) is 2.68. The third-order valence-corrected chi connectivity index (χ3v) is 3.86. The second-order valence-corrected chi connectivity index (χ2v) is 7.51. The molecule has 2 bridgehead atoms. The van der Waals surface area contributed by atoms with Crippen molar-refractivity contribution in [2.45, 2.75) is 43.8 Å². The van der Waals surface area contributed by atoms with Crippen LogP contribution in [0.1, 0.15) is 20.3 Å². The summed E-state index contributed by atoms with van der Waals surface area (Å²) in [5.41, 5.74) is 6.78. The first-order chi connectivity index (χ1) is 11.2. The Morgan fingerprint density at radius 3 is 2.64 bits per heavy atom. The van der Waals surface area contributed by atoms with Crippen molar-refractivity contribution < 1.29 is 40.5 Å². The summed E-state index contributed by atoms with van der Waals surface area (Å²) in [5, 5.41) is -0.146. The van der Waals surface area contributed by atoms with Crippen LogP contribution in [0.3, 0.4) is 0 Å². The molecule has 0 aromatic heterocycles. The van der Waals surface area contributed by atoms with E-state index in [0.717, 1.165) is 0 Å². The predicted octanol–water partition coefficient (Wildman–Crippen LogP) is -0.980. The highest BCUT2D eigenvalue weighted by molar-refractivity contribution is 7.80. The fourth-order valence-electron chi connectivity index (χ4n) is 2.45. The topological polar surface area (TPSA) is 151 Å². The summed E-state index contributed by atoms with van der Waals surface area (Å²) in [6, 6.07) is -4.87. The van der Waals surface area contributed by atoms with Gasteiger partial charge in [-0.2, -0.15) is 13.5 Å². The molecule has 2 saturated heterocycles. The van der Waals surface area contributed by atoms with E-state index in [4.69, 9.17) is 15.1 Å². The van der Waals surface area contributed by atoms with Crippen LogP contribution in [0.2, 0.25) is 0 Å². The van der Waals surface area contributed by atoms with Crippen LogP contribution < -0.4 is 11.2 Å². The highest BCUT2D eigenvalue weighted by atomic mass is 32.3. The van der Waals surface area contributed by atoms with E-state index in [1.54, 1.807) is 13.8 Å². The zero-order valence-electron chi connectivity index (χ0n) is 13.3. The summed E-state index contributed by atoms with van der Waals surface area (Å²) in [7, 11) is -5.19. The molecule has 2 aliphatic heterocycles. The van der Waals surface area contributed by atoms with Crippen LogP contribution in [-0.4, -0.2) is 71.6 Å². The Hall–Kier alpha value is -1.61. The number of hydrogen-bond donors (Lipinski definition) is 3. The van der Waals surface area contributed by atoms with E-state index in [2.05, 4.69) is 4.28 Å². The minimum Gasteiger partial charge on any atom is -0.324 e. The molecule has 0 aliphatic carbocycles. The number of piperidine rings is 1. The summed E-state index contributed by atoms with van der Waals surface area (Å²) in [5.74, 6) is -4.66. The molecule has 2 rings (SSSR count). The largest absolute Gasteiger partial charge is 0.418 e. The smallest absolute Gasteiger partial charge is 0.324 e. The van der Waals surface area contributed by atoms with Gasteiger partial charge in [0.05, 0.1) is 13.2 Å². The molecule has 144 valence electrons. The van der Waals surface area contributed by atoms with E-state index >= 15 is 0 Å². The van der Waals surface area contributed by atoms with Gasteiger partial charge in [0.2, 0.25) is 0 Å². The van der Waals surface area contributed by atoms with Crippen LogP contribution >= 0.6 is 0 Å². The maximum Gasteiger partial charge on any atom is 0.418 e. The lowest BCUT2D eigenvalue weighted by molar-refractivity contribution is -0.159. The van der Waals surface area contributed by atoms with Crippen molar-refractivity contribution in [1.29, 1.82) is 0 Å². The Labute approximate surface area is 141 Å². The molecular formula is C11H18F2N4O7S. The van der Waals surface area contributed by atoms with Gasteiger partial charge in [-0.1, -0.05) is 0 Å². The first-order valence-electron chi connectivity index (χ1n) is 7.06. The molecule has 0 radical (unpaired) electrons. The molecule has 3 amide bonds. The van der Waals surface area contributed by atoms with Gasteiger partial charge in [-0.25, -0.2) is 19.1 Å². The van der Waals surface area contributed by atoms with Crippen molar-refractivity contribution in [3.8, 4) is 0 Å². The minimum absolute atomic E-state index is 0.115. The van der Waals surface area contributed by atoms with Crippen LogP contribution in [0.4, 0.5) is 13.6 Å². The second-order valence-electron chi connectivity index (χ2n) is 6.50. The first-order valence-corrected chi connectivity index (χ1v) is 8.43. The standard InChI is InChI=1S/C11H18F2N4O7S/c1-10(2,14)5-23-15-8(18)6-3-11(12,13)7-4-16(6)9(19)17(7)24-25(20,21)22/h6-7H,3-5,14H2,1-2H3,(H,15,18)(H,20,21,22)/t6-,7-/m0/s1. The number of hydrogen-bond acceptors (Lipinski definition) is 7. The Morgan fingerprint density at radius 2 is 2.12 bits per heavy atom. The Balaban J connectivity index is 2.13. The van der Waals surface area contributed by atoms with E-state index < -0.39 is 58.8 Å². The molecular weight excluding hydrogens is 370 g/mol. The van der Waals surface area contributed by atoms with Gasteiger partial charge in [0.15, 0.2) is 0 Å². The maximum atomic E-state index is 14.2. The third-order valence-electron chi connectivity index (χ3n) is 3.51. The van der Waals surface area contributed by atoms with Crippen molar-refractivity contribution in [2.24, 2.45) is 5.73 Å². The molecule has 0 unspecified atom stereocenters. The van der Waals surface area contributed by atoms with E-state index in [0.29, 0.717) is 4.90 Å². The zero-order chi connectivity index (χ0) is 19.2. The molecule has 2 heterocycles. The molecule has 0 spiro atoms. The summed E-state index contributed by atoms with van der Waals surface area (Å²) in [6.45, 7) is 2.43. The molecule has 4 N–H and O–H groups in total. The molecule has 0 aromatic carbocycles. The fourth-order valence-corrected chi connectivity index (χ4v) is 2.82. The molecule has 2 aliphatic rings. The van der Waals surface area contributed by atoms with Gasteiger partial charge in [0.25, 0.3) is 11.8 Å². The number of carbonyl (C=O) groups is 2. The molecule has 0 saturated carbocycles. The molecule has 25 heavy (non-hydrogen) atoms. The number of nitrogens with zero attached hydrogens (tertiary/aromatic N) is 2. The number of urea groups is 1. The molecule has 0 aromatic rings. The number of nitrogens with two attached hydrogens (primary N) is 1. The Kier molecular flexibility index (Phi) is 4.95. The van der Waals surface area contributed by atoms with Crippen molar-refractivity contribution >= 4 is 22.3 Å². The lowest BCUT2D eigenvalue weighted by Gasteiger charge is -2.34. The van der Waals surface area contributed by atoms with Gasteiger partial charge >= 0.3 is 16.4 Å². The van der Waals surface area contributed by atoms with Gasteiger partial charge in [-0.3, -0.25) is 14.2 Å². The van der Waals surface area contributed by atoms with Crippen molar-refractivity contribution in [3.63, 3.8) is 0 Å². The van der Waals surface area contributed by atoms with Crippen molar-refractivity contribution in [3.05, 3.63) is 0 Å². The van der Waals surface area contributed by atoms with Crippen LogP contribution in [-0.2, 0) is 24.3 Å². The van der Waals surface area contributed by atoms with E-state index in [-0.39, 0.29) is 11.7 Å². The highest BCUT2D eigenvalue weighted by Crippen LogP contribution is 2.40. The quantitative estimate of drug-likeness (QED) is 0.388. The minimum atomic E-state index is -5.19. The number of carbonyl (C=O) groups excluding carboxylic acids is 2. The van der Waals surface area contributed by atoms with Crippen molar-refractivity contribution in [1.82, 2.24) is 15.4 Å². The SMILES string of the molecule is CC(C)(N)CONC(=O)[C@@H]1CC(F)(F)[C@@H]2CN1C(=O)N2OS(=O)(=O)O. The summed E-state index contributed by atoms with van der Waals surface area (Å²) >= 11 is 0. The molecule has 14 heteroatoms. The zero-order valence-corrected chi connectivity index (χ0v) is 14.1. The Bertz CT molecular complexity index is 666. The lowest BCUT2D eigenvalue weighted by Crippen LogP contribution is -2.56. The summed E-state index contributed by atoms with van der Waals surface area (Å²) in [6.07, 6.45) is -1.07. The molecule has 2 atom stereocenters. The molecule has 2 fully saturated rings. The number of nitrogens with one attached hydrogen (secondary N) is 1. The van der Waals surface area contributed by atoms with Gasteiger partial charge < -0.3 is 10.6 Å². The van der Waals surface area contributed by atoms with Gasteiger partial charge in [0, 0.05) is 12.0 Å². The summed E-state index contributed by atoms with van der Waals surface area (Å²) in [4.78, 5) is 29.7. The third kappa shape index (κ3) is 4.52.